The highest BCUT2D eigenvalue weighted by atomic mass is 32.1. The summed E-state index contributed by atoms with van der Waals surface area (Å²) < 4.78 is 5.09. The molecule has 1 aliphatic rings. The Bertz CT molecular complexity index is 472. The summed E-state index contributed by atoms with van der Waals surface area (Å²) in [4.78, 5) is 15.5. The number of nitrogens with zero attached hydrogens (tertiary/aromatic N) is 1. The van der Waals surface area contributed by atoms with Gasteiger partial charge < -0.3 is 14.7 Å². The summed E-state index contributed by atoms with van der Waals surface area (Å²) in [5.74, 6) is 5.93. The quantitative estimate of drug-likeness (QED) is 0.824. The maximum atomic E-state index is 11.6. The predicted molar refractivity (Wildman–Crippen MR) is 69.1 cm³/mol. The molecule has 1 aliphatic heterocycles. The standard InChI is InChI=1S/C13H15NO3S/c15-7-2-1-3-11-4-5-12(18-11)9-14-6-8-17-10-13(14)16/h4-5,15H,2,6-10H2. The molecule has 1 N–H and O–H groups in total. The van der Waals surface area contributed by atoms with E-state index < -0.39 is 0 Å². The fourth-order valence-corrected chi connectivity index (χ4v) is 2.54. The molecular formula is C13H15NO3S. The summed E-state index contributed by atoms with van der Waals surface area (Å²) >= 11 is 1.59. The molecule has 96 valence electrons. The van der Waals surface area contributed by atoms with Crippen LogP contribution in [0.2, 0.25) is 0 Å². The van der Waals surface area contributed by atoms with E-state index in [1.165, 1.54) is 0 Å². The van der Waals surface area contributed by atoms with Crippen LogP contribution >= 0.6 is 11.3 Å². The molecule has 1 aromatic rings. The van der Waals surface area contributed by atoms with Gasteiger partial charge in [-0.3, -0.25) is 4.79 Å². The van der Waals surface area contributed by atoms with E-state index in [0.29, 0.717) is 26.1 Å². The molecule has 2 heterocycles. The van der Waals surface area contributed by atoms with Crippen LogP contribution in [0.1, 0.15) is 16.2 Å². The summed E-state index contributed by atoms with van der Waals surface area (Å²) in [5.41, 5.74) is 0. The SMILES string of the molecule is O=C1COCCN1Cc1ccc(C#CCCO)s1. The van der Waals surface area contributed by atoms with Gasteiger partial charge in [0.2, 0.25) is 5.91 Å². The van der Waals surface area contributed by atoms with E-state index in [9.17, 15) is 4.79 Å². The number of carbonyl (C=O) groups excluding carboxylic acids is 1. The summed E-state index contributed by atoms with van der Waals surface area (Å²) in [7, 11) is 0. The van der Waals surface area contributed by atoms with Gasteiger partial charge in [0, 0.05) is 17.8 Å². The zero-order chi connectivity index (χ0) is 12.8. The van der Waals surface area contributed by atoms with Gasteiger partial charge in [-0.1, -0.05) is 11.8 Å². The molecule has 1 amide bonds. The van der Waals surface area contributed by atoms with Gasteiger partial charge in [0.1, 0.15) is 6.61 Å². The number of aliphatic hydroxyl groups is 1. The van der Waals surface area contributed by atoms with Crippen molar-refractivity contribution in [2.45, 2.75) is 13.0 Å². The van der Waals surface area contributed by atoms with Crippen LogP contribution in [0.25, 0.3) is 0 Å². The number of aliphatic hydroxyl groups excluding tert-OH is 1. The molecule has 5 heteroatoms. The first kappa shape index (κ1) is 13.1. The van der Waals surface area contributed by atoms with Crippen molar-refractivity contribution in [2.24, 2.45) is 0 Å². The Labute approximate surface area is 110 Å². The third-order valence-corrected chi connectivity index (χ3v) is 3.53. The fraction of sp³-hybridized carbons (Fsp3) is 0.462. The van der Waals surface area contributed by atoms with Crippen LogP contribution in [0.5, 0.6) is 0 Å². The second-order valence-electron chi connectivity index (χ2n) is 3.91. The van der Waals surface area contributed by atoms with Gasteiger partial charge in [-0.25, -0.2) is 0 Å². The van der Waals surface area contributed by atoms with E-state index in [0.717, 1.165) is 9.75 Å². The first-order valence-corrected chi connectivity index (χ1v) is 6.65. The Hall–Kier alpha value is -1.35. The second-order valence-corrected chi connectivity index (χ2v) is 5.08. The average Bonchev–Trinajstić information content (AvgIpc) is 2.80. The summed E-state index contributed by atoms with van der Waals surface area (Å²) in [5, 5.41) is 8.64. The van der Waals surface area contributed by atoms with Crippen LogP contribution < -0.4 is 0 Å². The second kappa shape index (κ2) is 6.55. The number of morpholine rings is 1. The van der Waals surface area contributed by atoms with Gasteiger partial charge in [0.25, 0.3) is 0 Å². The zero-order valence-corrected chi connectivity index (χ0v) is 10.8. The van der Waals surface area contributed by atoms with Gasteiger partial charge >= 0.3 is 0 Å². The van der Waals surface area contributed by atoms with E-state index >= 15 is 0 Å². The number of carbonyl (C=O) groups is 1. The van der Waals surface area contributed by atoms with Crippen LogP contribution in [0.3, 0.4) is 0 Å². The summed E-state index contributed by atoms with van der Waals surface area (Å²) in [6.07, 6.45) is 0.495. The number of hydrogen-bond acceptors (Lipinski definition) is 4. The highest BCUT2D eigenvalue weighted by Gasteiger charge is 2.18. The molecule has 0 saturated carbocycles. The van der Waals surface area contributed by atoms with Gasteiger partial charge in [0.05, 0.1) is 24.6 Å². The fourth-order valence-electron chi connectivity index (χ4n) is 1.64. The molecule has 1 saturated heterocycles. The normalized spacial score (nSPS) is 15.4. The third-order valence-electron chi connectivity index (χ3n) is 2.54. The van der Waals surface area contributed by atoms with Crippen molar-refractivity contribution in [1.29, 1.82) is 0 Å². The Morgan fingerprint density at radius 1 is 1.50 bits per heavy atom. The van der Waals surface area contributed by atoms with Crippen LogP contribution in [0.4, 0.5) is 0 Å². The van der Waals surface area contributed by atoms with Crippen molar-refractivity contribution < 1.29 is 14.6 Å². The molecule has 1 aromatic heterocycles. The Morgan fingerprint density at radius 3 is 3.17 bits per heavy atom. The molecule has 0 spiro atoms. The molecule has 0 radical (unpaired) electrons. The molecule has 18 heavy (non-hydrogen) atoms. The van der Waals surface area contributed by atoms with Crippen LogP contribution in [0, 0.1) is 11.8 Å². The molecule has 1 fully saturated rings. The maximum Gasteiger partial charge on any atom is 0.248 e. The van der Waals surface area contributed by atoms with E-state index in [2.05, 4.69) is 11.8 Å². The van der Waals surface area contributed by atoms with Crippen LogP contribution in [-0.2, 0) is 16.1 Å². The predicted octanol–water partition coefficient (Wildman–Crippen LogP) is 0.841. The average molecular weight is 265 g/mol. The number of rotatable bonds is 3. The minimum absolute atomic E-state index is 0.0440. The van der Waals surface area contributed by atoms with E-state index in [1.807, 2.05) is 12.1 Å². The summed E-state index contributed by atoms with van der Waals surface area (Å²) in [6.45, 7) is 2.18. The molecule has 0 unspecified atom stereocenters. The van der Waals surface area contributed by atoms with Crippen molar-refractivity contribution in [1.82, 2.24) is 4.90 Å². The van der Waals surface area contributed by atoms with Crippen molar-refractivity contribution in [3.05, 3.63) is 21.9 Å². The highest BCUT2D eigenvalue weighted by molar-refractivity contribution is 7.12. The van der Waals surface area contributed by atoms with Gasteiger partial charge in [-0.2, -0.15) is 0 Å². The Balaban J connectivity index is 1.94. The molecule has 0 atom stereocenters. The van der Waals surface area contributed by atoms with Crippen LogP contribution in [0.15, 0.2) is 12.1 Å². The van der Waals surface area contributed by atoms with Crippen LogP contribution in [-0.4, -0.2) is 42.3 Å². The molecule has 0 aromatic carbocycles. The van der Waals surface area contributed by atoms with Gasteiger partial charge in [-0.15, -0.1) is 11.3 Å². The topological polar surface area (TPSA) is 49.8 Å². The lowest BCUT2D eigenvalue weighted by atomic mass is 10.3. The van der Waals surface area contributed by atoms with Gasteiger partial charge in [-0.05, 0) is 12.1 Å². The first-order valence-electron chi connectivity index (χ1n) is 5.83. The highest BCUT2D eigenvalue weighted by Crippen LogP contribution is 2.18. The van der Waals surface area contributed by atoms with Crippen molar-refractivity contribution in [2.75, 3.05) is 26.4 Å². The zero-order valence-electron chi connectivity index (χ0n) is 10.0. The first-order chi connectivity index (χ1) is 8.79. The number of ether oxygens (including phenoxy) is 1. The maximum absolute atomic E-state index is 11.6. The number of amides is 1. The molecule has 0 bridgehead atoms. The molecule has 0 aliphatic carbocycles. The minimum atomic E-state index is 0.0440. The Morgan fingerprint density at radius 2 is 2.39 bits per heavy atom. The van der Waals surface area contributed by atoms with Crippen molar-refractivity contribution in [3.8, 4) is 11.8 Å². The lowest BCUT2D eigenvalue weighted by molar-refractivity contribution is -0.143. The monoisotopic (exact) mass is 265 g/mol. The number of thiophene rings is 1. The lowest BCUT2D eigenvalue weighted by Gasteiger charge is -2.26. The van der Waals surface area contributed by atoms with Gasteiger partial charge in [0.15, 0.2) is 0 Å². The largest absolute Gasteiger partial charge is 0.395 e. The molecule has 4 nitrogen and oxygen atoms in total. The summed E-state index contributed by atoms with van der Waals surface area (Å²) in [6, 6.07) is 3.95. The minimum Gasteiger partial charge on any atom is -0.395 e. The number of hydrogen-bond donors (Lipinski definition) is 1. The van der Waals surface area contributed by atoms with E-state index in [-0.39, 0.29) is 19.1 Å². The lowest BCUT2D eigenvalue weighted by Crippen LogP contribution is -2.40. The third kappa shape index (κ3) is 3.57. The molecule has 2 rings (SSSR count). The van der Waals surface area contributed by atoms with E-state index in [4.69, 9.17) is 9.84 Å². The smallest absolute Gasteiger partial charge is 0.248 e. The van der Waals surface area contributed by atoms with Crippen molar-refractivity contribution >= 4 is 17.2 Å². The van der Waals surface area contributed by atoms with Crippen molar-refractivity contribution in [3.63, 3.8) is 0 Å². The Kier molecular flexibility index (Phi) is 4.76. The molecular weight excluding hydrogens is 250 g/mol. The van der Waals surface area contributed by atoms with E-state index in [1.54, 1.807) is 16.2 Å².